The van der Waals surface area contributed by atoms with Gasteiger partial charge in [-0.25, -0.2) is 0 Å². The topological polar surface area (TPSA) is 91.5 Å². The SMILES string of the molecule is COC[C@@H](C)NC(=S)NNC(=O)[C@H](C)NC(=O)c1ccccc1Cl. The largest absolute Gasteiger partial charge is 0.383 e. The first kappa shape index (κ1) is 20.1. The maximum atomic E-state index is 12.1. The van der Waals surface area contributed by atoms with Gasteiger partial charge in [0.05, 0.1) is 17.2 Å². The van der Waals surface area contributed by atoms with Crippen LogP contribution in [0.3, 0.4) is 0 Å². The molecule has 132 valence electrons. The number of thiocarbonyl (C=S) groups is 1. The van der Waals surface area contributed by atoms with Crippen molar-refractivity contribution in [3.63, 3.8) is 0 Å². The Bertz CT molecular complexity index is 600. The van der Waals surface area contributed by atoms with Gasteiger partial charge in [-0.05, 0) is 38.2 Å². The summed E-state index contributed by atoms with van der Waals surface area (Å²) in [6.07, 6.45) is 0. The van der Waals surface area contributed by atoms with Crippen LogP contribution in [0.4, 0.5) is 0 Å². The molecule has 0 saturated heterocycles. The molecule has 0 aromatic heterocycles. The molecule has 0 aliphatic heterocycles. The molecule has 0 spiro atoms. The highest BCUT2D eigenvalue weighted by Crippen LogP contribution is 2.14. The molecule has 24 heavy (non-hydrogen) atoms. The lowest BCUT2D eigenvalue weighted by Crippen LogP contribution is -2.54. The van der Waals surface area contributed by atoms with E-state index in [2.05, 4.69) is 21.5 Å². The second-order valence-corrected chi connectivity index (χ2v) is 5.93. The summed E-state index contributed by atoms with van der Waals surface area (Å²) in [5.41, 5.74) is 5.29. The minimum absolute atomic E-state index is 0.00995. The zero-order valence-electron chi connectivity index (χ0n) is 13.7. The molecule has 7 nitrogen and oxygen atoms in total. The highest BCUT2D eigenvalue weighted by molar-refractivity contribution is 7.80. The molecule has 2 amide bonds. The van der Waals surface area contributed by atoms with Crippen molar-refractivity contribution in [2.75, 3.05) is 13.7 Å². The van der Waals surface area contributed by atoms with Crippen LogP contribution in [0.5, 0.6) is 0 Å². The number of nitrogens with one attached hydrogen (secondary N) is 4. The third kappa shape index (κ3) is 6.69. The van der Waals surface area contributed by atoms with Gasteiger partial charge < -0.3 is 15.4 Å². The first-order valence-electron chi connectivity index (χ1n) is 7.25. The van der Waals surface area contributed by atoms with Crippen molar-refractivity contribution in [2.45, 2.75) is 25.9 Å². The summed E-state index contributed by atoms with van der Waals surface area (Å²) >= 11 is 11.0. The Morgan fingerprint density at radius 2 is 1.88 bits per heavy atom. The van der Waals surface area contributed by atoms with Crippen LogP contribution in [0.1, 0.15) is 24.2 Å². The van der Waals surface area contributed by atoms with Crippen LogP contribution in [0.15, 0.2) is 24.3 Å². The van der Waals surface area contributed by atoms with Gasteiger partial charge in [-0.3, -0.25) is 20.4 Å². The van der Waals surface area contributed by atoms with E-state index in [1.54, 1.807) is 38.3 Å². The lowest BCUT2D eigenvalue weighted by molar-refractivity contribution is -0.123. The number of carbonyl (C=O) groups excluding carboxylic acids is 2. The number of benzene rings is 1. The van der Waals surface area contributed by atoms with E-state index < -0.39 is 17.9 Å². The number of methoxy groups -OCH3 is 1. The van der Waals surface area contributed by atoms with Gasteiger partial charge in [0.15, 0.2) is 5.11 Å². The monoisotopic (exact) mass is 372 g/mol. The molecule has 9 heteroatoms. The van der Waals surface area contributed by atoms with Crippen molar-refractivity contribution in [1.29, 1.82) is 0 Å². The van der Waals surface area contributed by atoms with E-state index in [9.17, 15) is 9.59 Å². The third-order valence-electron chi connectivity index (χ3n) is 2.95. The average Bonchev–Trinajstić information content (AvgIpc) is 2.52. The van der Waals surface area contributed by atoms with E-state index in [-0.39, 0.29) is 11.2 Å². The number of ether oxygens (including phenoxy) is 1. The fourth-order valence-corrected chi connectivity index (χ4v) is 2.24. The van der Waals surface area contributed by atoms with Gasteiger partial charge in [0.2, 0.25) is 0 Å². The second kappa shape index (κ2) is 10.1. The highest BCUT2D eigenvalue weighted by Gasteiger charge is 2.18. The number of rotatable bonds is 6. The molecule has 0 aliphatic carbocycles. The van der Waals surface area contributed by atoms with Gasteiger partial charge in [-0.2, -0.15) is 0 Å². The van der Waals surface area contributed by atoms with Gasteiger partial charge in [-0.1, -0.05) is 23.7 Å². The molecule has 4 N–H and O–H groups in total. The summed E-state index contributed by atoms with van der Waals surface area (Å²) in [4.78, 5) is 24.1. The van der Waals surface area contributed by atoms with Crippen molar-refractivity contribution in [3.05, 3.63) is 34.9 Å². The predicted octanol–water partition coefficient (Wildman–Crippen LogP) is 0.989. The molecular weight excluding hydrogens is 352 g/mol. The summed E-state index contributed by atoms with van der Waals surface area (Å²) in [5.74, 6) is -0.878. The van der Waals surface area contributed by atoms with E-state index in [0.29, 0.717) is 17.2 Å². The Balaban J connectivity index is 2.44. The quantitative estimate of drug-likeness (QED) is 0.439. The fourth-order valence-electron chi connectivity index (χ4n) is 1.76. The number of carbonyl (C=O) groups is 2. The number of hydrogen-bond acceptors (Lipinski definition) is 4. The van der Waals surface area contributed by atoms with Crippen LogP contribution >= 0.6 is 23.8 Å². The Morgan fingerprint density at radius 3 is 2.50 bits per heavy atom. The number of hydrogen-bond donors (Lipinski definition) is 4. The normalized spacial score (nSPS) is 12.7. The van der Waals surface area contributed by atoms with Gasteiger partial charge in [-0.15, -0.1) is 0 Å². The minimum Gasteiger partial charge on any atom is -0.383 e. The van der Waals surface area contributed by atoms with Crippen LogP contribution in [0.25, 0.3) is 0 Å². The smallest absolute Gasteiger partial charge is 0.260 e. The van der Waals surface area contributed by atoms with E-state index in [1.165, 1.54) is 0 Å². The van der Waals surface area contributed by atoms with E-state index in [4.69, 9.17) is 28.6 Å². The van der Waals surface area contributed by atoms with Crippen molar-refractivity contribution < 1.29 is 14.3 Å². The lowest BCUT2D eigenvalue weighted by Gasteiger charge is -2.18. The summed E-state index contributed by atoms with van der Waals surface area (Å²) in [6.45, 7) is 3.90. The summed E-state index contributed by atoms with van der Waals surface area (Å²) in [5, 5.41) is 6.05. The van der Waals surface area contributed by atoms with Crippen molar-refractivity contribution in [1.82, 2.24) is 21.5 Å². The molecule has 0 aliphatic rings. The second-order valence-electron chi connectivity index (χ2n) is 5.12. The lowest BCUT2D eigenvalue weighted by atomic mass is 10.2. The molecule has 0 radical (unpaired) electrons. The van der Waals surface area contributed by atoms with E-state index >= 15 is 0 Å². The maximum Gasteiger partial charge on any atom is 0.260 e. The summed E-state index contributed by atoms with van der Waals surface area (Å²) < 4.78 is 4.97. The maximum absolute atomic E-state index is 12.1. The number of amides is 2. The Kier molecular flexibility index (Phi) is 8.45. The summed E-state index contributed by atoms with van der Waals surface area (Å²) in [6, 6.07) is 5.81. The van der Waals surface area contributed by atoms with E-state index in [1.807, 2.05) is 6.92 Å². The molecule has 0 heterocycles. The number of halogens is 1. The van der Waals surface area contributed by atoms with Gasteiger partial charge in [0, 0.05) is 13.2 Å². The molecule has 0 fully saturated rings. The Hall–Kier alpha value is -1.90. The molecule has 0 bridgehead atoms. The highest BCUT2D eigenvalue weighted by atomic mass is 35.5. The zero-order chi connectivity index (χ0) is 18.1. The molecule has 1 aromatic rings. The standard InChI is InChI=1S/C15H21ClN4O3S/c1-9(8-23-3)17-15(24)20-19-13(21)10(2)18-14(22)11-6-4-5-7-12(11)16/h4-7,9-10H,8H2,1-3H3,(H,18,22)(H,19,21)(H2,17,20,24)/t9-,10+/m1/s1. The Morgan fingerprint density at radius 1 is 1.21 bits per heavy atom. The van der Waals surface area contributed by atoms with Crippen molar-refractivity contribution in [2.24, 2.45) is 0 Å². The van der Waals surface area contributed by atoms with Gasteiger partial charge in [0.25, 0.3) is 11.8 Å². The van der Waals surface area contributed by atoms with Gasteiger partial charge in [0.1, 0.15) is 6.04 Å². The predicted molar refractivity (Wildman–Crippen MR) is 96.7 cm³/mol. The Labute approximate surface area is 151 Å². The van der Waals surface area contributed by atoms with Crippen LogP contribution < -0.4 is 21.5 Å². The molecule has 0 unspecified atom stereocenters. The average molecular weight is 373 g/mol. The molecule has 0 saturated carbocycles. The van der Waals surface area contributed by atoms with Crippen molar-refractivity contribution >= 4 is 40.7 Å². The zero-order valence-corrected chi connectivity index (χ0v) is 15.3. The van der Waals surface area contributed by atoms with Crippen molar-refractivity contribution in [3.8, 4) is 0 Å². The summed E-state index contributed by atoms with van der Waals surface area (Å²) in [7, 11) is 1.58. The van der Waals surface area contributed by atoms with E-state index in [0.717, 1.165) is 0 Å². The van der Waals surface area contributed by atoms with Crippen LogP contribution in [-0.2, 0) is 9.53 Å². The molecule has 1 aromatic carbocycles. The molecule has 2 atom stereocenters. The fraction of sp³-hybridized carbons (Fsp3) is 0.400. The number of hydrazine groups is 1. The van der Waals surface area contributed by atoms with Gasteiger partial charge >= 0.3 is 0 Å². The minimum atomic E-state index is -0.777. The third-order valence-corrected chi connectivity index (χ3v) is 3.50. The van der Waals surface area contributed by atoms with Crippen LogP contribution in [-0.4, -0.2) is 42.7 Å². The van der Waals surface area contributed by atoms with Crippen LogP contribution in [0.2, 0.25) is 5.02 Å². The van der Waals surface area contributed by atoms with Crippen LogP contribution in [0, 0.1) is 0 Å². The first-order valence-corrected chi connectivity index (χ1v) is 8.04. The molecule has 1 rings (SSSR count). The first-order chi connectivity index (χ1) is 11.3. The molecular formula is C15H21ClN4O3S.